The van der Waals surface area contributed by atoms with Crippen LogP contribution < -0.4 is 0 Å². The van der Waals surface area contributed by atoms with Crippen LogP contribution in [0.15, 0.2) is 36.7 Å². The summed E-state index contributed by atoms with van der Waals surface area (Å²) in [7, 11) is 0. The Kier molecular flexibility index (Phi) is 5.30. The van der Waals surface area contributed by atoms with Gasteiger partial charge in [0.05, 0.1) is 30.8 Å². The molecule has 1 aliphatic carbocycles. The summed E-state index contributed by atoms with van der Waals surface area (Å²) in [5, 5.41) is 10.6. The van der Waals surface area contributed by atoms with Gasteiger partial charge in [0.1, 0.15) is 0 Å². The van der Waals surface area contributed by atoms with Crippen LogP contribution in [-0.4, -0.2) is 33.3 Å². The van der Waals surface area contributed by atoms with Crippen LogP contribution in [0.3, 0.4) is 0 Å². The standard InChI is InChI=1S/C19H24N2O3/c1-2-24-19(23)17-18(14-9-5-3-6-10-14)21(13-20-17)15-11-7-4-8-12-16(15)22/h3,5-6,9-10,13,15-16,22H,2,4,7-8,11-12H2,1H3. The van der Waals surface area contributed by atoms with Gasteiger partial charge in [-0.05, 0) is 19.8 Å². The average molecular weight is 328 g/mol. The fourth-order valence-corrected chi connectivity index (χ4v) is 3.44. The number of hydrogen-bond donors (Lipinski definition) is 1. The number of carbonyl (C=O) groups excluding carboxylic acids is 1. The van der Waals surface area contributed by atoms with Crippen molar-refractivity contribution in [3.63, 3.8) is 0 Å². The largest absolute Gasteiger partial charge is 0.461 e. The Morgan fingerprint density at radius 2 is 2.00 bits per heavy atom. The van der Waals surface area contributed by atoms with E-state index in [0.717, 1.165) is 43.4 Å². The average Bonchev–Trinajstić information content (AvgIpc) is 2.92. The van der Waals surface area contributed by atoms with E-state index in [-0.39, 0.29) is 6.04 Å². The van der Waals surface area contributed by atoms with E-state index in [1.165, 1.54) is 0 Å². The number of ether oxygens (including phenoxy) is 1. The van der Waals surface area contributed by atoms with E-state index in [1.807, 2.05) is 34.9 Å². The Hall–Kier alpha value is -2.14. The Labute approximate surface area is 142 Å². The topological polar surface area (TPSA) is 64.3 Å². The minimum Gasteiger partial charge on any atom is -0.461 e. The van der Waals surface area contributed by atoms with Gasteiger partial charge in [-0.15, -0.1) is 0 Å². The first-order valence-electron chi connectivity index (χ1n) is 8.69. The molecule has 1 heterocycles. The molecule has 1 fully saturated rings. The van der Waals surface area contributed by atoms with Gasteiger partial charge < -0.3 is 14.4 Å². The Bertz CT molecular complexity index is 681. The predicted octanol–water partition coefficient (Wildman–Crippen LogP) is 3.59. The molecule has 0 bridgehead atoms. The second kappa shape index (κ2) is 7.62. The molecule has 2 atom stereocenters. The molecule has 1 aromatic heterocycles. The van der Waals surface area contributed by atoms with Gasteiger partial charge in [-0.2, -0.15) is 0 Å². The fraction of sp³-hybridized carbons (Fsp3) is 0.474. The van der Waals surface area contributed by atoms with Crippen molar-refractivity contribution < 1.29 is 14.6 Å². The third-order valence-electron chi connectivity index (χ3n) is 4.61. The van der Waals surface area contributed by atoms with Crippen molar-refractivity contribution in [2.75, 3.05) is 6.61 Å². The highest BCUT2D eigenvalue weighted by molar-refractivity contribution is 5.94. The number of aliphatic hydroxyl groups excluding tert-OH is 1. The van der Waals surface area contributed by atoms with E-state index in [9.17, 15) is 9.90 Å². The highest BCUT2D eigenvalue weighted by Crippen LogP contribution is 2.33. The molecular formula is C19H24N2O3. The van der Waals surface area contributed by atoms with Gasteiger partial charge in [0.15, 0.2) is 5.69 Å². The summed E-state index contributed by atoms with van der Waals surface area (Å²) in [6.07, 6.45) is 6.17. The third-order valence-corrected chi connectivity index (χ3v) is 4.61. The maximum atomic E-state index is 12.3. The van der Waals surface area contributed by atoms with Crippen LogP contribution >= 0.6 is 0 Å². The molecule has 2 aromatic rings. The molecular weight excluding hydrogens is 304 g/mol. The van der Waals surface area contributed by atoms with Crippen LogP contribution in [0.25, 0.3) is 11.3 Å². The summed E-state index contributed by atoms with van der Waals surface area (Å²) >= 11 is 0. The van der Waals surface area contributed by atoms with Crippen LogP contribution in [0, 0.1) is 0 Å². The second-order valence-electron chi connectivity index (χ2n) is 6.21. The van der Waals surface area contributed by atoms with E-state index >= 15 is 0 Å². The summed E-state index contributed by atoms with van der Waals surface area (Å²) in [4.78, 5) is 16.7. The lowest BCUT2D eigenvalue weighted by Gasteiger charge is -2.24. The van der Waals surface area contributed by atoms with Crippen molar-refractivity contribution in [3.8, 4) is 11.3 Å². The molecule has 1 aromatic carbocycles. The summed E-state index contributed by atoms with van der Waals surface area (Å²) < 4.78 is 7.13. The lowest BCUT2D eigenvalue weighted by Crippen LogP contribution is -2.23. The molecule has 1 N–H and O–H groups in total. The molecule has 5 heteroatoms. The first-order chi connectivity index (χ1) is 11.7. The minimum absolute atomic E-state index is 0.0571. The van der Waals surface area contributed by atoms with Gasteiger partial charge >= 0.3 is 5.97 Å². The van der Waals surface area contributed by atoms with Crippen molar-refractivity contribution in [1.29, 1.82) is 0 Å². The second-order valence-corrected chi connectivity index (χ2v) is 6.21. The maximum Gasteiger partial charge on any atom is 0.359 e. The van der Waals surface area contributed by atoms with Gasteiger partial charge in [-0.25, -0.2) is 9.78 Å². The molecule has 2 unspecified atom stereocenters. The number of esters is 1. The smallest absolute Gasteiger partial charge is 0.359 e. The van der Waals surface area contributed by atoms with Crippen LogP contribution in [0.2, 0.25) is 0 Å². The summed E-state index contributed by atoms with van der Waals surface area (Å²) in [6, 6.07) is 9.67. The number of imidazole rings is 1. The molecule has 24 heavy (non-hydrogen) atoms. The van der Waals surface area contributed by atoms with Crippen LogP contribution in [-0.2, 0) is 4.74 Å². The molecule has 1 saturated carbocycles. The summed E-state index contributed by atoms with van der Waals surface area (Å²) in [5.41, 5.74) is 1.97. The molecule has 5 nitrogen and oxygen atoms in total. The minimum atomic E-state index is -0.418. The SMILES string of the molecule is CCOC(=O)c1ncn(C2CCCCCC2O)c1-c1ccccc1. The summed E-state index contributed by atoms with van der Waals surface area (Å²) in [5.74, 6) is -0.418. The molecule has 0 spiro atoms. The molecule has 0 amide bonds. The molecule has 3 rings (SSSR count). The summed E-state index contributed by atoms with van der Waals surface area (Å²) in [6.45, 7) is 2.10. The maximum absolute atomic E-state index is 12.3. The highest BCUT2D eigenvalue weighted by Gasteiger charge is 2.29. The van der Waals surface area contributed by atoms with E-state index in [2.05, 4.69) is 4.98 Å². The quantitative estimate of drug-likeness (QED) is 0.688. The highest BCUT2D eigenvalue weighted by atomic mass is 16.5. The Morgan fingerprint density at radius 3 is 2.75 bits per heavy atom. The Morgan fingerprint density at radius 1 is 1.25 bits per heavy atom. The van der Waals surface area contributed by atoms with Crippen LogP contribution in [0.5, 0.6) is 0 Å². The number of hydrogen-bond acceptors (Lipinski definition) is 4. The zero-order valence-corrected chi connectivity index (χ0v) is 14.0. The third kappa shape index (κ3) is 3.36. The van der Waals surface area contributed by atoms with Crippen molar-refractivity contribution in [1.82, 2.24) is 9.55 Å². The predicted molar refractivity (Wildman–Crippen MR) is 91.7 cm³/mol. The van der Waals surface area contributed by atoms with Gasteiger partial charge in [-0.1, -0.05) is 49.6 Å². The van der Waals surface area contributed by atoms with E-state index in [0.29, 0.717) is 12.3 Å². The fourth-order valence-electron chi connectivity index (χ4n) is 3.44. The van der Waals surface area contributed by atoms with Gasteiger partial charge in [-0.3, -0.25) is 0 Å². The number of aromatic nitrogens is 2. The van der Waals surface area contributed by atoms with Gasteiger partial charge in [0, 0.05) is 5.56 Å². The first-order valence-corrected chi connectivity index (χ1v) is 8.69. The monoisotopic (exact) mass is 328 g/mol. The molecule has 0 radical (unpaired) electrons. The number of nitrogens with zero attached hydrogens (tertiary/aromatic N) is 2. The lowest BCUT2D eigenvalue weighted by atomic mass is 10.0. The van der Waals surface area contributed by atoms with Crippen molar-refractivity contribution in [2.45, 2.75) is 51.2 Å². The number of rotatable bonds is 4. The lowest BCUT2D eigenvalue weighted by molar-refractivity contribution is 0.0520. The number of carbonyl (C=O) groups is 1. The first kappa shape index (κ1) is 16.7. The van der Waals surface area contributed by atoms with Crippen molar-refractivity contribution in [2.24, 2.45) is 0 Å². The molecule has 0 saturated heterocycles. The normalized spacial score (nSPS) is 21.2. The van der Waals surface area contributed by atoms with E-state index in [1.54, 1.807) is 13.3 Å². The zero-order chi connectivity index (χ0) is 16.9. The van der Waals surface area contributed by atoms with Crippen LogP contribution in [0.4, 0.5) is 0 Å². The molecule has 0 aliphatic heterocycles. The van der Waals surface area contributed by atoms with E-state index in [4.69, 9.17) is 4.74 Å². The number of aliphatic hydroxyl groups is 1. The molecule has 1 aliphatic rings. The van der Waals surface area contributed by atoms with Crippen LogP contribution in [0.1, 0.15) is 55.6 Å². The Balaban J connectivity index is 2.07. The molecule has 128 valence electrons. The van der Waals surface area contributed by atoms with Gasteiger partial charge in [0.2, 0.25) is 0 Å². The number of benzene rings is 1. The zero-order valence-electron chi connectivity index (χ0n) is 14.0. The van der Waals surface area contributed by atoms with Gasteiger partial charge in [0.25, 0.3) is 0 Å². The van der Waals surface area contributed by atoms with Crippen molar-refractivity contribution >= 4 is 5.97 Å². The van der Waals surface area contributed by atoms with E-state index < -0.39 is 12.1 Å². The van der Waals surface area contributed by atoms with Crippen molar-refractivity contribution in [3.05, 3.63) is 42.4 Å².